The summed E-state index contributed by atoms with van der Waals surface area (Å²) in [6, 6.07) is -0.818. The zero-order valence-corrected chi connectivity index (χ0v) is 36.1. The number of carbonyl (C=O) groups is 1. The Hall–Kier alpha value is -1.43. The molecule has 54 heavy (non-hydrogen) atoms. The van der Waals surface area contributed by atoms with E-state index in [0.717, 1.165) is 44.9 Å². The van der Waals surface area contributed by atoms with Crippen molar-refractivity contribution in [2.24, 2.45) is 0 Å². The highest BCUT2D eigenvalue weighted by Gasteiger charge is 2.22. The number of aliphatic hydroxyl groups is 3. The number of rotatable bonds is 43. The van der Waals surface area contributed by atoms with Gasteiger partial charge in [-0.1, -0.05) is 237 Å². The molecule has 4 N–H and O–H groups in total. The molecule has 0 aromatic rings. The first-order valence-corrected chi connectivity index (χ1v) is 23.8. The lowest BCUT2D eigenvalue weighted by molar-refractivity contribution is -0.131. The van der Waals surface area contributed by atoms with Gasteiger partial charge in [-0.25, -0.2) is 0 Å². The van der Waals surface area contributed by atoms with E-state index in [9.17, 15) is 20.1 Å². The molecular formula is C49H93NO4. The minimum absolute atomic E-state index is 0.380. The minimum Gasteiger partial charge on any atom is -0.394 e. The van der Waals surface area contributed by atoms with Crippen LogP contribution in [0.1, 0.15) is 245 Å². The molecule has 3 unspecified atom stereocenters. The molecule has 0 fully saturated rings. The van der Waals surface area contributed by atoms with Gasteiger partial charge in [0.05, 0.1) is 18.8 Å². The predicted molar refractivity (Wildman–Crippen MR) is 236 cm³/mol. The Morgan fingerprint density at radius 1 is 0.444 bits per heavy atom. The Morgan fingerprint density at radius 2 is 0.759 bits per heavy atom. The average Bonchev–Trinajstić information content (AvgIpc) is 3.18. The first kappa shape index (κ1) is 52.6. The summed E-state index contributed by atoms with van der Waals surface area (Å²) in [5.41, 5.74) is 0. The smallest absolute Gasteiger partial charge is 0.249 e. The van der Waals surface area contributed by atoms with Crippen LogP contribution in [0.15, 0.2) is 36.5 Å². The van der Waals surface area contributed by atoms with E-state index in [1.807, 2.05) is 6.08 Å². The van der Waals surface area contributed by atoms with Crippen molar-refractivity contribution in [3.63, 3.8) is 0 Å². The number of allylic oxidation sites excluding steroid dienone is 5. The number of nitrogens with one attached hydrogen (secondary N) is 1. The predicted octanol–water partition coefficient (Wildman–Crippen LogP) is 13.9. The third-order valence-corrected chi connectivity index (χ3v) is 11.0. The van der Waals surface area contributed by atoms with Gasteiger partial charge in [-0.15, -0.1) is 0 Å². The van der Waals surface area contributed by atoms with Gasteiger partial charge < -0.3 is 20.6 Å². The first-order valence-electron chi connectivity index (χ1n) is 23.8. The van der Waals surface area contributed by atoms with Crippen LogP contribution in [-0.2, 0) is 4.79 Å². The Bertz CT molecular complexity index is 840. The molecule has 318 valence electrons. The standard InChI is InChI=1S/C49H93NO4/c1-3-5-7-9-11-13-15-17-18-19-20-21-22-23-24-25-26-27-28-29-30-32-34-36-38-40-42-44-48(53)49(54)50-46(45-51)47(52)43-41-39-37-35-33-31-16-14-12-10-8-6-4-2/h12,14,33,35,41,43,46-48,51-53H,3-11,13,15-32,34,36-40,42,44-45H2,1-2H3,(H,50,54)/b14-12+,35-33+,43-41+. The number of unbranched alkanes of at least 4 members (excludes halogenated alkanes) is 31. The molecule has 0 aromatic carbocycles. The van der Waals surface area contributed by atoms with E-state index < -0.39 is 24.2 Å². The quantitative estimate of drug-likeness (QED) is 0.0368. The van der Waals surface area contributed by atoms with Crippen molar-refractivity contribution in [1.29, 1.82) is 0 Å². The molecule has 5 heteroatoms. The van der Waals surface area contributed by atoms with E-state index in [0.29, 0.717) is 6.42 Å². The van der Waals surface area contributed by atoms with Gasteiger partial charge >= 0.3 is 0 Å². The second-order valence-corrected chi connectivity index (χ2v) is 16.3. The van der Waals surface area contributed by atoms with E-state index in [-0.39, 0.29) is 6.61 Å². The molecule has 1 amide bonds. The molecule has 0 radical (unpaired) electrons. The van der Waals surface area contributed by atoms with Crippen molar-refractivity contribution in [3.05, 3.63) is 36.5 Å². The van der Waals surface area contributed by atoms with Crippen LogP contribution in [-0.4, -0.2) is 46.1 Å². The maximum atomic E-state index is 12.5. The van der Waals surface area contributed by atoms with Crippen molar-refractivity contribution in [2.75, 3.05) is 6.61 Å². The van der Waals surface area contributed by atoms with Crippen LogP contribution in [0.25, 0.3) is 0 Å². The van der Waals surface area contributed by atoms with Crippen LogP contribution in [0.3, 0.4) is 0 Å². The van der Waals surface area contributed by atoms with E-state index in [2.05, 4.69) is 43.5 Å². The van der Waals surface area contributed by atoms with Crippen LogP contribution in [0, 0.1) is 0 Å². The Balaban J connectivity index is 3.57. The second-order valence-electron chi connectivity index (χ2n) is 16.3. The van der Waals surface area contributed by atoms with Crippen molar-refractivity contribution in [3.8, 4) is 0 Å². The van der Waals surface area contributed by atoms with E-state index in [4.69, 9.17) is 0 Å². The SMILES string of the molecule is CCCCC/C=C/CC/C=C/CC/C=C/C(O)C(CO)NC(=O)C(O)CCCCCCCCCCCCCCCCCCCCCCCCCCCCC. The summed E-state index contributed by atoms with van der Waals surface area (Å²) in [6.07, 6.45) is 56.3. The van der Waals surface area contributed by atoms with Crippen LogP contribution in [0.5, 0.6) is 0 Å². The molecule has 0 aliphatic heterocycles. The maximum Gasteiger partial charge on any atom is 0.249 e. The maximum absolute atomic E-state index is 12.5. The topological polar surface area (TPSA) is 89.8 Å². The van der Waals surface area contributed by atoms with E-state index in [1.54, 1.807) is 6.08 Å². The third kappa shape index (κ3) is 38.8. The van der Waals surface area contributed by atoms with Crippen molar-refractivity contribution in [2.45, 2.75) is 263 Å². The van der Waals surface area contributed by atoms with Gasteiger partial charge in [0, 0.05) is 0 Å². The summed E-state index contributed by atoms with van der Waals surface area (Å²) >= 11 is 0. The molecule has 0 spiro atoms. The van der Waals surface area contributed by atoms with Gasteiger partial charge in [0.1, 0.15) is 6.10 Å². The first-order chi connectivity index (χ1) is 26.6. The van der Waals surface area contributed by atoms with E-state index >= 15 is 0 Å². The molecule has 0 saturated carbocycles. The number of aliphatic hydroxyl groups excluding tert-OH is 3. The van der Waals surface area contributed by atoms with E-state index in [1.165, 1.54) is 180 Å². The Labute approximate surface area is 336 Å². The Kier molecular flexibility index (Phi) is 43.1. The molecule has 0 rings (SSSR count). The second kappa shape index (κ2) is 44.3. The van der Waals surface area contributed by atoms with Crippen LogP contribution in [0.4, 0.5) is 0 Å². The van der Waals surface area contributed by atoms with Crippen LogP contribution < -0.4 is 5.32 Å². The lowest BCUT2D eigenvalue weighted by Crippen LogP contribution is -2.48. The molecular weight excluding hydrogens is 667 g/mol. The molecule has 0 bridgehead atoms. The van der Waals surface area contributed by atoms with Crippen LogP contribution >= 0.6 is 0 Å². The monoisotopic (exact) mass is 760 g/mol. The number of carbonyl (C=O) groups excluding carboxylic acids is 1. The van der Waals surface area contributed by atoms with Gasteiger partial charge in [-0.05, 0) is 44.9 Å². The highest BCUT2D eigenvalue weighted by atomic mass is 16.3. The third-order valence-electron chi connectivity index (χ3n) is 11.0. The van der Waals surface area contributed by atoms with Gasteiger partial charge in [0.2, 0.25) is 5.91 Å². The molecule has 0 saturated heterocycles. The molecule has 5 nitrogen and oxygen atoms in total. The average molecular weight is 760 g/mol. The molecule has 0 aliphatic carbocycles. The minimum atomic E-state index is -1.11. The largest absolute Gasteiger partial charge is 0.394 e. The fourth-order valence-corrected chi connectivity index (χ4v) is 7.22. The summed E-state index contributed by atoms with van der Waals surface area (Å²) in [4.78, 5) is 12.5. The zero-order valence-electron chi connectivity index (χ0n) is 36.1. The van der Waals surface area contributed by atoms with Gasteiger partial charge in [-0.3, -0.25) is 4.79 Å². The Morgan fingerprint density at radius 3 is 1.13 bits per heavy atom. The van der Waals surface area contributed by atoms with Gasteiger partial charge in [0.15, 0.2) is 0 Å². The number of hydrogen-bond acceptors (Lipinski definition) is 4. The lowest BCUT2D eigenvalue weighted by Gasteiger charge is -2.21. The van der Waals surface area contributed by atoms with Crippen molar-refractivity contribution < 1.29 is 20.1 Å². The summed E-state index contributed by atoms with van der Waals surface area (Å²) in [5.74, 6) is -0.515. The summed E-state index contributed by atoms with van der Waals surface area (Å²) in [7, 11) is 0. The molecule has 0 aromatic heterocycles. The van der Waals surface area contributed by atoms with Crippen LogP contribution in [0.2, 0.25) is 0 Å². The highest BCUT2D eigenvalue weighted by molar-refractivity contribution is 5.80. The zero-order chi connectivity index (χ0) is 39.4. The summed E-state index contributed by atoms with van der Waals surface area (Å²) in [6.45, 7) is 4.14. The summed E-state index contributed by atoms with van der Waals surface area (Å²) < 4.78 is 0. The summed E-state index contributed by atoms with van der Waals surface area (Å²) in [5, 5.41) is 33.1. The van der Waals surface area contributed by atoms with Crippen molar-refractivity contribution in [1.82, 2.24) is 5.32 Å². The van der Waals surface area contributed by atoms with Crippen molar-refractivity contribution >= 4 is 5.91 Å². The molecule has 0 heterocycles. The normalized spacial score (nSPS) is 13.8. The highest BCUT2D eigenvalue weighted by Crippen LogP contribution is 2.17. The fourth-order valence-electron chi connectivity index (χ4n) is 7.22. The lowest BCUT2D eigenvalue weighted by atomic mass is 10.0. The molecule has 0 aliphatic rings. The number of amides is 1. The fraction of sp³-hybridized carbons (Fsp3) is 0.857. The van der Waals surface area contributed by atoms with Gasteiger partial charge in [-0.2, -0.15) is 0 Å². The number of hydrogen-bond donors (Lipinski definition) is 4. The van der Waals surface area contributed by atoms with Gasteiger partial charge in [0.25, 0.3) is 0 Å². The molecule has 3 atom stereocenters.